The second-order valence-electron chi connectivity index (χ2n) is 10.0. The molecule has 11 heteroatoms. The van der Waals surface area contributed by atoms with Gasteiger partial charge in [0.1, 0.15) is 17.9 Å². The van der Waals surface area contributed by atoms with Gasteiger partial charge in [-0.3, -0.25) is 14.6 Å². The molecule has 3 atom stereocenters. The maximum absolute atomic E-state index is 13.3. The molecular weight excluding hydrogens is 500 g/mol. The van der Waals surface area contributed by atoms with E-state index >= 15 is 0 Å². The summed E-state index contributed by atoms with van der Waals surface area (Å²) in [4.78, 5) is 54.7. The first-order valence-corrected chi connectivity index (χ1v) is 12.6. The number of hydrogen-bond acceptors (Lipinski definition) is 7. The second kappa shape index (κ2) is 14.6. The normalized spacial score (nSPS) is 13.3. The summed E-state index contributed by atoms with van der Waals surface area (Å²) in [5.41, 5.74) is 17.5. The van der Waals surface area contributed by atoms with Gasteiger partial charge in [0, 0.05) is 18.5 Å². The van der Waals surface area contributed by atoms with E-state index in [1.165, 1.54) is 0 Å². The van der Waals surface area contributed by atoms with Gasteiger partial charge in [0.05, 0.1) is 12.1 Å². The molecule has 0 bridgehead atoms. The SMILES string of the molecule is CC(C)(C)OC(=O)N[C@@H](Cc1ccccc1C(=O)[C@H](N)c1ccccc1)C(=O)N[C@H](C=O)CCCN=C(N)N. The van der Waals surface area contributed by atoms with E-state index in [2.05, 4.69) is 15.6 Å². The van der Waals surface area contributed by atoms with Crippen LogP contribution in [0.15, 0.2) is 59.6 Å². The highest BCUT2D eigenvalue weighted by Crippen LogP contribution is 2.20. The van der Waals surface area contributed by atoms with Gasteiger partial charge in [0.2, 0.25) is 5.91 Å². The van der Waals surface area contributed by atoms with Gasteiger partial charge in [-0.05, 0) is 44.7 Å². The molecule has 0 heterocycles. The topological polar surface area (TPSA) is 192 Å². The number of nitrogens with one attached hydrogen (secondary N) is 2. The third-order valence-corrected chi connectivity index (χ3v) is 5.62. The van der Waals surface area contributed by atoms with Crippen molar-refractivity contribution in [2.75, 3.05) is 6.54 Å². The number of aliphatic imine (C=N–C) groups is 1. The molecule has 210 valence electrons. The molecule has 0 saturated heterocycles. The number of guanidine groups is 1. The number of benzene rings is 2. The minimum Gasteiger partial charge on any atom is -0.444 e. The van der Waals surface area contributed by atoms with Crippen molar-refractivity contribution in [2.24, 2.45) is 22.2 Å². The van der Waals surface area contributed by atoms with E-state index in [4.69, 9.17) is 21.9 Å². The van der Waals surface area contributed by atoms with Crippen LogP contribution in [0.25, 0.3) is 0 Å². The van der Waals surface area contributed by atoms with E-state index < -0.39 is 35.7 Å². The number of Topliss-reactive ketones (excluding diaryl/α,β-unsaturated/α-hetero) is 1. The molecule has 2 aromatic carbocycles. The summed E-state index contributed by atoms with van der Waals surface area (Å²) in [6, 6.07) is 12.8. The van der Waals surface area contributed by atoms with E-state index in [-0.39, 0.29) is 24.6 Å². The number of ketones is 1. The quantitative estimate of drug-likeness (QED) is 0.0837. The molecule has 2 rings (SSSR count). The smallest absolute Gasteiger partial charge is 0.408 e. The molecule has 0 fully saturated rings. The Morgan fingerprint density at radius 1 is 1.00 bits per heavy atom. The summed E-state index contributed by atoms with van der Waals surface area (Å²) in [7, 11) is 0. The van der Waals surface area contributed by atoms with Crippen LogP contribution in [0.1, 0.15) is 61.1 Å². The number of alkyl carbamates (subject to hydrolysis) is 1. The van der Waals surface area contributed by atoms with Crippen LogP contribution < -0.4 is 27.8 Å². The van der Waals surface area contributed by atoms with Crippen LogP contribution in [0.3, 0.4) is 0 Å². The van der Waals surface area contributed by atoms with Gasteiger partial charge < -0.3 is 37.4 Å². The molecule has 0 aliphatic rings. The summed E-state index contributed by atoms with van der Waals surface area (Å²) >= 11 is 0. The van der Waals surface area contributed by atoms with E-state index in [9.17, 15) is 19.2 Å². The van der Waals surface area contributed by atoms with Gasteiger partial charge in [-0.2, -0.15) is 0 Å². The van der Waals surface area contributed by atoms with Crippen LogP contribution in [0.2, 0.25) is 0 Å². The number of hydrogen-bond donors (Lipinski definition) is 5. The molecule has 0 aliphatic heterocycles. The second-order valence-corrected chi connectivity index (χ2v) is 10.0. The van der Waals surface area contributed by atoms with Crippen LogP contribution >= 0.6 is 0 Å². The molecule has 0 aliphatic carbocycles. The number of carbonyl (C=O) groups is 4. The molecule has 0 unspecified atom stereocenters. The third kappa shape index (κ3) is 10.6. The lowest BCUT2D eigenvalue weighted by Gasteiger charge is -2.25. The van der Waals surface area contributed by atoms with Crippen LogP contribution in [0.5, 0.6) is 0 Å². The van der Waals surface area contributed by atoms with Crippen molar-refractivity contribution in [3.63, 3.8) is 0 Å². The number of rotatable bonds is 13. The summed E-state index contributed by atoms with van der Waals surface area (Å²) in [6.07, 6.45) is 0.470. The number of amides is 2. The first-order chi connectivity index (χ1) is 18.4. The van der Waals surface area contributed by atoms with Crippen molar-refractivity contribution in [1.82, 2.24) is 10.6 Å². The monoisotopic (exact) mass is 538 g/mol. The van der Waals surface area contributed by atoms with E-state index in [0.717, 1.165) is 0 Å². The average molecular weight is 539 g/mol. The third-order valence-electron chi connectivity index (χ3n) is 5.62. The Labute approximate surface area is 228 Å². The van der Waals surface area contributed by atoms with Crippen molar-refractivity contribution >= 4 is 30.0 Å². The number of nitrogens with zero attached hydrogens (tertiary/aromatic N) is 1. The van der Waals surface area contributed by atoms with Gasteiger partial charge >= 0.3 is 6.09 Å². The molecule has 8 N–H and O–H groups in total. The Hall–Kier alpha value is -4.25. The highest BCUT2D eigenvalue weighted by molar-refractivity contribution is 6.02. The highest BCUT2D eigenvalue weighted by atomic mass is 16.6. The van der Waals surface area contributed by atoms with Crippen LogP contribution in [-0.4, -0.2) is 54.3 Å². The molecule has 39 heavy (non-hydrogen) atoms. The van der Waals surface area contributed by atoms with Gasteiger partial charge in [-0.1, -0.05) is 54.6 Å². The minimum atomic E-state index is -1.15. The van der Waals surface area contributed by atoms with E-state index in [0.29, 0.717) is 35.9 Å². The summed E-state index contributed by atoms with van der Waals surface area (Å²) < 4.78 is 5.34. The average Bonchev–Trinajstić information content (AvgIpc) is 2.88. The zero-order valence-corrected chi connectivity index (χ0v) is 22.6. The fourth-order valence-corrected chi connectivity index (χ4v) is 3.77. The Morgan fingerprint density at radius 3 is 2.26 bits per heavy atom. The molecule has 0 saturated carbocycles. The maximum atomic E-state index is 13.3. The summed E-state index contributed by atoms with van der Waals surface area (Å²) in [5, 5.41) is 5.22. The van der Waals surface area contributed by atoms with Crippen molar-refractivity contribution < 1.29 is 23.9 Å². The molecule has 0 spiro atoms. The Bertz CT molecular complexity index is 1160. The lowest BCUT2D eigenvalue weighted by atomic mass is 9.92. The first-order valence-electron chi connectivity index (χ1n) is 12.6. The minimum absolute atomic E-state index is 0.0475. The fourth-order valence-electron chi connectivity index (χ4n) is 3.77. The number of ether oxygens (including phenoxy) is 1. The molecule has 2 aromatic rings. The lowest BCUT2D eigenvalue weighted by molar-refractivity contribution is -0.125. The predicted molar refractivity (Wildman–Crippen MR) is 149 cm³/mol. The van der Waals surface area contributed by atoms with Crippen molar-refractivity contribution in [3.8, 4) is 0 Å². The molecule has 2 amide bonds. The number of nitrogens with two attached hydrogens (primary N) is 3. The van der Waals surface area contributed by atoms with E-state index in [1.807, 2.05) is 6.07 Å². The summed E-state index contributed by atoms with van der Waals surface area (Å²) in [6.45, 7) is 5.37. The van der Waals surface area contributed by atoms with Crippen molar-refractivity contribution in [3.05, 3.63) is 71.3 Å². The maximum Gasteiger partial charge on any atom is 0.408 e. The number of carbonyl (C=O) groups excluding carboxylic acids is 4. The van der Waals surface area contributed by atoms with Gasteiger partial charge in [0.25, 0.3) is 0 Å². The summed E-state index contributed by atoms with van der Waals surface area (Å²) in [5.74, 6) is -1.02. The standard InChI is InChI=1S/C28H38N6O5/c1-28(2,3)39-27(38)34-22(25(37)33-20(17-35)13-9-15-32-26(30)31)16-19-12-7-8-14-21(19)24(36)23(29)18-10-5-4-6-11-18/h4-8,10-12,14,17,20,22-23H,9,13,15-16,29H2,1-3H3,(H,33,37)(H,34,38)(H4,30,31,32)/t20-,22-,23+/m0/s1. The first kappa shape index (κ1) is 31.0. The highest BCUT2D eigenvalue weighted by Gasteiger charge is 2.28. The Morgan fingerprint density at radius 2 is 1.64 bits per heavy atom. The van der Waals surface area contributed by atoms with Gasteiger partial charge in [-0.25, -0.2) is 4.79 Å². The van der Waals surface area contributed by atoms with Crippen molar-refractivity contribution in [1.29, 1.82) is 0 Å². The van der Waals surface area contributed by atoms with E-state index in [1.54, 1.807) is 69.3 Å². The van der Waals surface area contributed by atoms with Gasteiger partial charge in [0.15, 0.2) is 11.7 Å². The van der Waals surface area contributed by atoms with Crippen LogP contribution in [-0.2, 0) is 20.7 Å². The van der Waals surface area contributed by atoms with Gasteiger partial charge in [-0.15, -0.1) is 0 Å². The Balaban J connectivity index is 2.27. The van der Waals surface area contributed by atoms with Crippen LogP contribution in [0, 0.1) is 0 Å². The zero-order chi connectivity index (χ0) is 29.0. The zero-order valence-electron chi connectivity index (χ0n) is 22.6. The number of aldehydes is 1. The predicted octanol–water partition coefficient (Wildman–Crippen LogP) is 1.74. The Kier molecular flexibility index (Phi) is 11.6. The lowest BCUT2D eigenvalue weighted by Crippen LogP contribution is -2.52. The molecule has 11 nitrogen and oxygen atoms in total. The largest absolute Gasteiger partial charge is 0.444 e. The molecule has 0 radical (unpaired) electrons. The molecule has 0 aromatic heterocycles. The molecular formula is C28H38N6O5. The van der Waals surface area contributed by atoms with Crippen molar-refractivity contribution in [2.45, 2.75) is 63.8 Å². The van der Waals surface area contributed by atoms with Crippen LogP contribution in [0.4, 0.5) is 4.79 Å². The fraction of sp³-hybridized carbons (Fsp3) is 0.393.